The summed E-state index contributed by atoms with van der Waals surface area (Å²) >= 11 is 5.97. The summed E-state index contributed by atoms with van der Waals surface area (Å²) in [6.45, 7) is 1.49. The standard InChI is InChI=1S/C17H16ClNO4/c1-11(16(20)19-15-9-4-3-8-14(15)18)23-17(21)12-6-5-7-13(10-12)22-2/h3-11H,1-2H3,(H,19,20)/t11-/m1/s1. The van der Waals surface area contributed by atoms with Gasteiger partial charge in [0.1, 0.15) is 5.75 Å². The van der Waals surface area contributed by atoms with E-state index in [-0.39, 0.29) is 0 Å². The Kier molecular flexibility index (Phi) is 5.60. The summed E-state index contributed by atoms with van der Waals surface area (Å²) in [5.74, 6) is -0.535. The summed E-state index contributed by atoms with van der Waals surface area (Å²) in [6, 6.07) is 13.3. The zero-order valence-corrected chi connectivity index (χ0v) is 13.5. The van der Waals surface area contributed by atoms with Gasteiger partial charge in [-0.05, 0) is 37.3 Å². The Morgan fingerprint density at radius 1 is 1.13 bits per heavy atom. The van der Waals surface area contributed by atoms with Crippen LogP contribution in [-0.2, 0) is 9.53 Å². The number of amides is 1. The fourth-order valence-electron chi connectivity index (χ4n) is 1.83. The zero-order valence-electron chi connectivity index (χ0n) is 12.7. The predicted octanol–water partition coefficient (Wildman–Crippen LogP) is 3.53. The molecule has 0 bridgehead atoms. The maximum Gasteiger partial charge on any atom is 0.339 e. The summed E-state index contributed by atoms with van der Waals surface area (Å²) in [7, 11) is 1.50. The molecule has 0 spiro atoms. The molecule has 0 aliphatic rings. The second kappa shape index (κ2) is 7.65. The number of benzene rings is 2. The van der Waals surface area contributed by atoms with Gasteiger partial charge in [0.05, 0.1) is 23.4 Å². The first-order valence-corrected chi connectivity index (χ1v) is 7.29. The highest BCUT2D eigenvalue weighted by Gasteiger charge is 2.20. The third-order valence-electron chi connectivity index (χ3n) is 3.09. The number of methoxy groups -OCH3 is 1. The van der Waals surface area contributed by atoms with Crippen LogP contribution in [-0.4, -0.2) is 25.1 Å². The third-order valence-corrected chi connectivity index (χ3v) is 3.42. The minimum absolute atomic E-state index is 0.307. The van der Waals surface area contributed by atoms with E-state index in [0.29, 0.717) is 22.0 Å². The molecule has 0 aromatic heterocycles. The Bertz CT molecular complexity index is 717. The first-order valence-electron chi connectivity index (χ1n) is 6.91. The molecule has 1 atom stereocenters. The number of carbonyl (C=O) groups excluding carboxylic acids is 2. The SMILES string of the molecule is COc1cccc(C(=O)O[C@H](C)C(=O)Nc2ccccc2Cl)c1. The molecule has 2 aromatic rings. The Hall–Kier alpha value is -2.53. The maximum atomic E-state index is 12.1. The summed E-state index contributed by atoms with van der Waals surface area (Å²) in [4.78, 5) is 24.1. The summed E-state index contributed by atoms with van der Waals surface area (Å²) in [6.07, 6.45) is -0.968. The van der Waals surface area contributed by atoms with Gasteiger partial charge in [0.25, 0.3) is 5.91 Å². The van der Waals surface area contributed by atoms with Crippen LogP contribution < -0.4 is 10.1 Å². The van der Waals surface area contributed by atoms with E-state index < -0.39 is 18.0 Å². The van der Waals surface area contributed by atoms with Crippen LogP contribution in [0.2, 0.25) is 5.02 Å². The number of nitrogens with one attached hydrogen (secondary N) is 1. The molecular formula is C17H16ClNO4. The number of hydrogen-bond donors (Lipinski definition) is 1. The molecule has 120 valence electrons. The van der Waals surface area contributed by atoms with Crippen molar-refractivity contribution in [3.63, 3.8) is 0 Å². The van der Waals surface area contributed by atoms with E-state index in [1.165, 1.54) is 14.0 Å². The molecule has 0 heterocycles. The van der Waals surface area contributed by atoms with Crippen molar-refractivity contribution in [3.05, 3.63) is 59.1 Å². The van der Waals surface area contributed by atoms with Gasteiger partial charge in [0, 0.05) is 0 Å². The molecule has 0 fully saturated rings. The lowest BCUT2D eigenvalue weighted by molar-refractivity contribution is -0.123. The van der Waals surface area contributed by atoms with Gasteiger partial charge >= 0.3 is 5.97 Å². The van der Waals surface area contributed by atoms with Gasteiger partial charge in [-0.2, -0.15) is 0 Å². The van der Waals surface area contributed by atoms with Crippen LogP contribution >= 0.6 is 11.6 Å². The van der Waals surface area contributed by atoms with Crippen molar-refractivity contribution in [2.45, 2.75) is 13.0 Å². The number of anilines is 1. The normalized spacial score (nSPS) is 11.4. The van der Waals surface area contributed by atoms with Crippen molar-refractivity contribution in [2.75, 3.05) is 12.4 Å². The molecule has 23 heavy (non-hydrogen) atoms. The number of ether oxygens (including phenoxy) is 2. The van der Waals surface area contributed by atoms with Gasteiger partial charge in [0.15, 0.2) is 6.10 Å². The molecule has 1 amide bonds. The molecule has 0 aliphatic carbocycles. The van der Waals surface area contributed by atoms with Crippen molar-refractivity contribution >= 4 is 29.2 Å². The molecule has 2 rings (SSSR count). The van der Waals surface area contributed by atoms with Crippen LogP contribution in [0.3, 0.4) is 0 Å². The molecule has 0 saturated heterocycles. The second-order valence-corrected chi connectivity index (χ2v) is 5.16. The largest absolute Gasteiger partial charge is 0.497 e. The number of rotatable bonds is 5. The molecule has 5 nitrogen and oxygen atoms in total. The first kappa shape index (κ1) is 16.8. The highest BCUT2D eigenvalue weighted by atomic mass is 35.5. The van der Waals surface area contributed by atoms with Gasteiger partial charge in [-0.15, -0.1) is 0 Å². The summed E-state index contributed by atoms with van der Waals surface area (Å²) in [5, 5.41) is 3.03. The molecule has 1 N–H and O–H groups in total. The van der Waals surface area contributed by atoms with E-state index in [9.17, 15) is 9.59 Å². The molecule has 0 radical (unpaired) electrons. The number of carbonyl (C=O) groups is 2. The fourth-order valence-corrected chi connectivity index (χ4v) is 2.01. The van der Waals surface area contributed by atoms with Crippen LogP contribution in [0.4, 0.5) is 5.69 Å². The van der Waals surface area contributed by atoms with E-state index in [2.05, 4.69) is 5.32 Å². The molecule has 6 heteroatoms. The van der Waals surface area contributed by atoms with Crippen LogP contribution in [0, 0.1) is 0 Å². The van der Waals surface area contributed by atoms with Gasteiger partial charge in [-0.3, -0.25) is 4.79 Å². The molecule has 0 saturated carbocycles. The minimum Gasteiger partial charge on any atom is -0.497 e. The topological polar surface area (TPSA) is 64.6 Å². The second-order valence-electron chi connectivity index (χ2n) is 4.75. The van der Waals surface area contributed by atoms with Crippen molar-refractivity contribution in [2.24, 2.45) is 0 Å². The molecule has 0 aliphatic heterocycles. The Balaban J connectivity index is 2.00. The van der Waals surface area contributed by atoms with Crippen LogP contribution in [0.15, 0.2) is 48.5 Å². The maximum absolute atomic E-state index is 12.1. The number of halogens is 1. The third kappa shape index (κ3) is 4.47. The molecular weight excluding hydrogens is 318 g/mol. The Morgan fingerprint density at radius 2 is 1.87 bits per heavy atom. The van der Waals surface area contributed by atoms with Crippen LogP contribution in [0.5, 0.6) is 5.75 Å². The number of hydrogen-bond acceptors (Lipinski definition) is 4. The highest BCUT2D eigenvalue weighted by molar-refractivity contribution is 6.33. The van der Waals surface area contributed by atoms with Gasteiger partial charge in [0.2, 0.25) is 0 Å². The highest BCUT2D eigenvalue weighted by Crippen LogP contribution is 2.21. The van der Waals surface area contributed by atoms with E-state index in [4.69, 9.17) is 21.1 Å². The van der Waals surface area contributed by atoms with Gasteiger partial charge in [-0.1, -0.05) is 29.8 Å². The van der Waals surface area contributed by atoms with Crippen molar-refractivity contribution in [1.29, 1.82) is 0 Å². The number of esters is 1. The lowest BCUT2D eigenvalue weighted by atomic mass is 10.2. The van der Waals surface area contributed by atoms with Gasteiger partial charge in [-0.25, -0.2) is 4.79 Å². The quantitative estimate of drug-likeness (QED) is 0.850. The Labute approximate surface area is 139 Å². The van der Waals surface area contributed by atoms with Crippen LogP contribution in [0.1, 0.15) is 17.3 Å². The van der Waals surface area contributed by atoms with Gasteiger partial charge < -0.3 is 14.8 Å². The first-order chi connectivity index (χ1) is 11.0. The minimum atomic E-state index is -0.968. The lowest BCUT2D eigenvalue weighted by Crippen LogP contribution is -2.30. The molecule has 2 aromatic carbocycles. The number of para-hydroxylation sites is 1. The lowest BCUT2D eigenvalue weighted by Gasteiger charge is -2.14. The van der Waals surface area contributed by atoms with E-state index in [0.717, 1.165) is 0 Å². The van der Waals surface area contributed by atoms with Crippen LogP contribution in [0.25, 0.3) is 0 Å². The predicted molar refractivity (Wildman–Crippen MR) is 88.0 cm³/mol. The summed E-state index contributed by atoms with van der Waals surface area (Å²) in [5.41, 5.74) is 0.769. The smallest absolute Gasteiger partial charge is 0.339 e. The average Bonchev–Trinajstić information content (AvgIpc) is 2.56. The van der Waals surface area contributed by atoms with Crippen molar-refractivity contribution in [3.8, 4) is 5.75 Å². The van der Waals surface area contributed by atoms with Crippen molar-refractivity contribution < 1.29 is 19.1 Å². The van der Waals surface area contributed by atoms with E-state index in [1.807, 2.05) is 0 Å². The van der Waals surface area contributed by atoms with E-state index >= 15 is 0 Å². The zero-order chi connectivity index (χ0) is 16.8. The summed E-state index contributed by atoms with van der Waals surface area (Å²) < 4.78 is 10.2. The molecule has 0 unspecified atom stereocenters. The van der Waals surface area contributed by atoms with E-state index in [1.54, 1.807) is 48.5 Å². The average molecular weight is 334 g/mol. The fraction of sp³-hybridized carbons (Fsp3) is 0.176. The van der Waals surface area contributed by atoms with Crippen molar-refractivity contribution in [1.82, 2.24) is 0 Å². The Morgan fingerprint density at radius 3 is 2.57 bits per heavy atom. The monoisotopic (exact) mass is 333 g/mol.